The van der Waals surface area contributed by atoms with Gasteiger partial charge in [0.1, 0.15) is 17.5 Å². The van der Waals surface area contributed by atoms with E-state index in [4.69, 9.17) is 5.26 Å². The first-order chi connectivity index (χ1) is 12.6. The summed E-state index contributed by atoms with van der Waals surface area (Å²) in [4.78, 5) is 11.2. The van der Waals surface area contributed by atoms with E-state index in [0.29, 0.717) is 17.2 Å². The van der Waals surface area contributed by atoms with Crippen LogP contribution >= 0.6 is 0 Å². The summed E-state index contributed by atoms with van der Waals surface area (Å²) in [5.74, 6) is 2.23. The van der Waals surface area contributed by atoms with E-state index in [2.05, 4.69) is 58.3 Å². The van der Waals surface area contributed by atoms with Crippen LogP contribution in [0.4, 0.5) is 23.0 Å². The molecule has 0 radical (unpaired) electrons. The van der Waals surface area contributed by atoms with Gasteiger partial charge in [0.25, 0.3) is 0 Å². The quantitative estimate of drug-likeness (QED) is 0.716. The van der Waals surface area contributed by atoms with E-state index in [1.165, 1.54) is 5.56 Å². The first-order valence-corrected chi connectivity index (χ1v) is 8.56. The van der Waals surface area contributed by atoms with Crippen molar-refractivity contribution in [1.29, 1.82) is 5.26 Å². The molecule has 0 fully saturated rings. The van der Waals surface area contributed by atoms with Crippen LogP contribution in [0.1, 0.15) is 23.9 Å². The van der Waals surface area contributed by atoms with Crippen LogP contribution in [-0.4, -0.2) is 16.5 Å². The lowest BCUT2D eigenvalue weighted by Crippen LogP contribution is -2.18. The van der Waals surface area contributed by atoms with Crippen LogP contribution in [0.25, 0.3) is 0 Å². The molecular formula is C21H21N5. The standard InChI is InChI=1S/C21H21N5/c1-4-26(19-10-5-7-15(2)11-19)21-13-20(23-16(3)24-21)25-18-9-6-8-17(12-18)14-22/h5-13H,4H2,1-3H3,(H,23,24,25). The molecule has 26 heavy (non-hydrogen) atoms. The van der Waals surface area contributed by atoms with Crippen molar-refractivity contribution in [2.24, 2.45) is 0 Å². The minimum atomic E-state index is 0.607. The van der Waals surface area contributed by atoms with Gasteiger partial charge in [-0.2, -0.15) is 5.26 Å². The number of aryl methyl sites for hydroxylation is 2. The van der Waals surface area contributed by atoms with Gasteiger partial charge in [-0.1, -0.05) is 18.2 Å². The Balaban J connectivity index is 1.95. The molecule has 1 aromatic heterocycles. The minimum absolute atomic E-state index is 0.607. The number of benzene rings is 2. The van der Waals surface area contributed by atoms with Crippen molar-refractivity contribution in [2.45, 2.75) is 20.8 Å². The molecular weight excluding hydrogens is 322 g/mol. The number of nitrogens with zero attached hydrogens (tertiary/aromatic N) is 4. The van der Waals surface area contributed by atoms with Gasteiger partial charge in [0.15, 0.2) is 0 Å². The SMILES string of the molecule is CCN(c1cccc(C)c1)c1cc(Nc2cccc(C#N)c2)nc(C)n1. The fourth-order valence-electron chi connectivity index (χ4n) is 2.84. The van der Waals surface area contributed by atoms with E-state index in [0.717, 1.165) is 23.7 Å². The number of nitriles is 1. The lowest BCUT2D eigenvalue weighted by molar-refractivity contribution is 0.952. The van der Waals surface area contributed by atoms with E-state index >= 15 is 0 Å². The zero-order valence-electron chi connectivity index (χ0n) is 15.2. The molecule has 0 aliphatic heterocycles. The summed E-state index contributed by atoms with van der Waals surface area (Å²) in [5.41, 5.74) is 3.74. The van der Waals surface area contributed by atoms with Gasteiger partial charge in [-0.25, -0.2) is 9.97 Å². The van der Waals surface area contributed by atoms with Gasteiger partial charge in [-0.05, 0) is 56.7 Å². The summed E-state index contributed by atoms with van der Waals surface area (Å²) in [7, 11) is 0. The third-order valence-electron chi connectivity index (χ3n) is 3.99. The van der Waals surface area contributed by atoms with Crippen LogP contribution < -0.4 is 10.2 Å². The van der Waals surface area contributed by atoms with Gasteiger partial charge in [0.05, 0.1) is 11.6 Å². The maximum absolute atomic E-state index is 9.06. The van der Waals surface area contributed by atoms with Crippen molar-refractivity contribution in [2.75, 3.05) is 16.8 Å². The molecule has 0 atom stereocenters. The maximum Gasteiger partial charge on any atom is 0.138 e. The van der Waals surface area contributed by atoms with Crippen molar-refractivity contribution < 1.29 is 0 Å². The second kappa shape index (κ2) is 7.66. The number of anilines is 4. The van der Waals surface area contributed by atoms with Crippen LogP contribution in [0.3, 0.4) is 0 Å². The predicted octanol–water partition coefficient (Wildman–Crippen LogP) is 4.87. The molecule has 3 rings (SSSR count). The number of hydrogen-bond acceptors (Lipinski definition) is 5. The Hall–Kier alpha value is -3.39. The number of hydrogen-bond donors (Lipinski definition) is 1. The second-order valence-corrected chi connectivity index (χ2v) is 6.06. The van der Waals surface area contributed by atoms with Crippen LogP contribution in [0.15, 0.2) is 54.6 Å². The number of rotatable bonds is 5. The van der Waals surface area contributed by atoms with Crippen molar-refractivity contribution in [1.82, 2.24) is 9.97 Å². The summed E-state index contributed by atoms with van der Waals surface area (Å²) in [6.45, 7) is 6.86. The Kier molecular flexibility index (Phi) is 5.14. The molecule has 0 saturated carbocycles. The molecule has 3 aromatic rings. The van der Waals surface area contributed by atoms with Crippen molar-refractivity contribution in [3.8, 4) is 6.07 Å². The lowest BCUT2D eigenvalue weighted by atomic mass is 10.2. The van der Waals surface area contributed by atoms with Gasteiger partial charge in [0.2, 0.25) is 0 Å². The average molecular weight is 343 g/mol. The molecule has 0 spiro atoms. The van der Waals surface area contributed by atoms with Crippen molar-refractivity contribution in [3.63, 3.8) is 0 Å². The zero-order valence-corrected chi connectivity index (χ0v) is 15.2. The molecule has 5 heteroatoms. The van der Waals surface area contributed by atoms with Gasteiger partial charge >= 0.3 is 0 Å². The Morgan fingerprint density at radius 2 is 1.85 bits per heavy atom. The Labute approximate surface area is 154 Å². The molecule has 1 heterocycles. The van der Waals surface area contributed by atoms with Crippen LogP contribution in [0.5, 0.6) is 0 Å². The molecule has 1 N–H and O–H groups in total. The molecule has 0 aliphatic carbocycles. The van der Waals surface area contributed by atoms with E-state index in [-0.39, 0.29) is 0 Å². The normalized spacial score (nSPS) is 10.2. The molecule has 0 amide bonds. The van der Waals surface area contributed by atoms with Gasteiger partial charge in [-0.3, -0.25) is 0 Å². The summed E-state index contributed by atoms with van der Waals surface area (Å²) >= 11 is 0. The predicted molar refractivity (Wildman–Crippen MR) is 105 cm³/mol. The molecule has 0 bridgehead atoms. The molecule has 0 aliphatic rings. The van der Waals surface area contributed by atoms with Gasteiger partial charge in [0, 0.05) is 24.0 Å². The zero-order chi connectivity index (χ0) is 18.5. The Morgan fingerprint density at radius 1 is 1.04 bits per heavy atom. The van der Waals surface area contributed by atoms with E-state index in [1.54, 1.807) is 12.1 Å². The third-order valence-corrected chi connectivity index (χ3v) is 3.99. The Morgan fingerprint density at radius 3 is 2.58 bits per heavy atom. The first kappa shape index (κ1) is 17.4. The number of nitrogens with one attached hydrogen (secondary N) is 1. The molecule has 130 valence electrons. The maximum atomic E-state index is 9.06. The fourth-order valence-corrected chi connectivity index (χ4v) is 2.84. The van der Waals surface area contributed by atoms with E-state index in [9.17, 15) is 0 Å². The lowest BCUT2D eigenvalue weighted by Gasteiger charge is -2.23. The molecule has 0 unspecified atom stereocenters. The topological polar surface area (TPSA) is 64.8 Å². The van der Waals surface area contributed by atoms with Crippen LogP contribution in [-0.2, 0) is 0 Å². The highest BCUT2D eigenvalue weighted by Gasteiger charge is 2.12. The highest BCUT2D eigenvalue weighted by Crippen LogP contribution is 2.27. The summed E-state index contributed by atoms with van der Waals surface area (Å²) in [6.07, 6.45) is 0. The molecule has 2 aromatic carbocycles. The third kappa shape index (κ3) is 3.98. The van der Waals surface area contributed by atoms with Crippen molar-refractivity contribution in [3.05, 3.63) is 71.5 Å². The molecule has 5 nitrogen and oxygen atoms in total. The van der Waals surface area contributed by atoms with Crippen LogP contribution in [0.2, 0.25) is 0 Å². The molecule has 0 saturated heterocycles. The first-order valence-electron chi connectivity index (χ1n) is 8.56. The van der Waals surface area contributed by atoms with Gasteiger partial charge in [-0.15, -0.1) is 0 Å². The van der Waals surface area contributed by atoms with E-state index in [1.807, 2.05) is 31.2 Å². The fraction of sp³-hybridized carbons (Fsp3) is 0.190. The second-order valence-electron chi connectivity index (χ2n) is 6.06. The minimum Gasteiger partial charge on any atom is -0.340 e. The van der Waals surface area contributed by atoms with Gasteiger partial charge < -0.3 is 10.2 Å². The smallest absolute Gasteiger partial charge is 0.138 e. The highest BCUT2D eigenvalue weighted by molar-refractivity contribution is 5.66. The largest absolute Gasteiger partial charge is 0.340 e. The summed E-state index contributed by atoms with van der Waals surface area (Å²) in [6, 6.07) is 19.8. The summed E-state index contributed by atoms with van der Waals surface area (Å²) in [5, 5.41) is 12.3. The summed E-state index contributed by atoms with van der Waals surface area (Å²) < 4.78 is 0. The highest BCUT2D eigenvalue weighted by atomic mass is 15.2. The average Bonchev–Trinajstić information content (AvgIpc) is 2.62. The Bertz CT molecular complexity index is 959. The monoisotopic (exact) mass is 343 g/mol. The number of aromatic nitrogens is 2. The van der Waals surface area contributed by atoms with Crippen molar-refractivity contribution >= 4 is 23.0 Å². The van der Waals surface area contributed by atoms with Crippen LogP contribution in [0, 0.1) is 25.2 Å². The van der Waals surface area contributed by atoms with E-state index < -0.39 is 0 Å².